The van der Waals surface area contributed by atoms with Gasteiger partial charge in [-0.2, -0.15) is 0 Å². The van der Waals surface area contributed by atoms with Crippen molar-refractivity contribution in [3.05, 3.63) is 191 Å². The van der Waals surface area contributed by atoms with E-state index in [1.165, 1.54) is 44.1 Å². The summed E-state index contributed by atoms with van der Waals surface area (Å²) in [6, 6.07) is 61.1. The van der Waals surface area contributed by atoms with Gasteiger partial charge < -0.3 is 4.57 Å². The number of nitrogens with zero attached hydrogens (tertiary/aromatic N) is 2. The molecule has 3 heterocycles. The molecule has 0 radical (unpaired) electrons. The van der Waals surface area contributed by atoms with Crippen LogP contribution in [0.15, 0.2) is 175 Å². The molecule has 0 bridgehead atoms. The number of pyridine rings is 1. The first-order chi connectivity index (χ1) is 27.0. The molecule has 3 heteroatoms. The lowest BCUT2D eigenvalue weighted by molar-refractivity contribution is 0.661. The summed E-state index contributed by atoms with van der Waals surface area (Å²) in [6.07, 6.45) is 0. The maximum atomic E-state index is 14.3. The van der Waals surface area contributed by atoms with Crippen LogP contribution in [-0.2, 0) is 5.41 Å². The van der Waals surface area contributed by atoms with Gasteiger partial charge in [-0.1, -0.05) is 135 Å². The monoisotopic (exact) mass is 702 g/mol. The number of hydrogen-bond donors (Lipinski definition) is 0. The Hall–Kier alpha value is -6.97. The van der Waals surface area contributed by atoms with E-state index in [2.05, 4.69) is 170 Å². The molecule has 55 heavy (non-hydrogen) atoms. The third-order valence-electron chi connectivity index (χ3n) is 12.4. The topological polar surface area (TPSA) is 26.4 Å². The van der Waals surface area contributed by atoms with Crippen molar-refractivity contribution in [2.24, 2.45) is 0 Å². The largest absolute Gasteiger partial charge is 0.309 e. The minimum Gasteiger partial charge on any atom is -0.309 e. The van der Waals surface area contributed by atoms with Gasteiger partial charge in [-0.15, -0.1) is 0 Å². The summed E-state index contributed by atoms with van der Waals surface area (Å²) >= 11 is 0. The van der Waals surface area contributed by atoms with E-state index < -0.39 is 0 Å². The molecule has 0 saturated carbocycles. The van der Waals surface area contributed by atoms with E-state index in [-0.39, 0.29) is 11.0 Å². The van der Waals surface area contributed by atoms with Crippen molar-refractivity contribution in [2.45, 2.75) is 19.3 Å². The maximum absolute atomic E-state index is 14.3. The molecular formula is C52H34N2O. The van der Waals surface area contributed by atoms with Crippen LogP contribution in [-0.4, -0.2) is 8.97 Å². The fraction of sp³-hybridized carbons (Fsp3) is 0.0577. The minimum atomic E-state index is -0.0871. The first-order valence-corrected chi connectivity index (χ1v) is 19.1. The van der Waals surface area contributed by atoms with E-state index in [1.54, 1.807) is 0 Å². The van der Waals surface area contributed by atoms with Gasteiger partial charge >= 0.3 is 0 Å². The lowest BCUT2D eigenvalue weighted by atomic mass is 9.82. The SMILES string of the molecule is CC1(C)c2ccccc2-c2c1ccc1c2c2ccccc2n1-c1cc(-c2ccccc2)cc(-c2ccc3c(=O)n4c5ccccc5c5cccc(c3c2)c54)c1. The second kappa shape index (κ2) is 10.8. The standard InChI is InChI=1S/C52H34N2O/c1-52(2)43-20-9-6-16-40(43)48-44(52)25-26-47-49(48)41-17-8-11-22-46(41)53(47)35-28-33(31-13-4-3-5-14-31)27-34(29-35)32-23-24-39-42(30-32)38-19-12-18-37-36-15-7-10-21-45(36)54(50(37)38)51(39)55/h3-30H,1-2H3. The van der Waals surface area contributed by atoms with Crippen molar-refractivity contribution in [3.8, 4) is 39.1 Å². The third-order valence-corrected chi connectivity index (χ3v) is 12.4. The average Bonchev–Trinajstić information content (AvgIpc) is 3.84. The van der Waals surface area contributed by atoms with E-state index in [1.807, 2.05) is 22.6 Å². The second-order valence-corrected chi connectivity index (χ2v) is 15.7. The molecule has 11 aromatic rings. The van der Waals surface area contributed by atoms with Crippen LogP contribution in [0.1, 0.15) is 25.0 Å². The molecule has 1 aliphatic carbocycles. The molecule has 12 rings (SSSR count). The highest BCUT2D eigenvalue weighted by Crippen LogP contribution is 2.53. The molecule has 0 spiro atoms. The van der Waals surface area contributed by atoms with E-state index >= 15 is 0 Å². The second-order valence-electron chi connectivity index (χ2n) is 15.7. The fourth-order valence-electron chi connectivity index (χ4n) is 9.94. The maximum Gasteiger partial charge on any atom is 0.263 e. The molecule has 0 atom stereocenters. The van der Waals surface area contributed by atoms with Crippen molar-refractivity contribution < 1.29 is 0 Å². The Morgan fingerprint density at radius 2 is 1.11 bits per heavy atom. The van der Waals surface area contributed by atoms with Crippen LogP contribution in [0, 0.1) is 0 Å². The van der Waals surface area contributed by atoms with Gasteiger partial charge in [0, 0.05) is 43.4 Å². The number of para-hydroxylation sites is 3. The predicted molar refractivity (Wildman–Crippen MR) is 230 cm³/mol. The van der Waals surface area contributed by atoms with Gasteiger partial charge in [0.15, 0.2) is 0 Å². The van der Waals surface area contributed by atoms with Crippen LogP contribution < -0.4 is 5.56 Å². The quantitative estimate of drug-likeness (QED) is 0.168. The van der Waals surface area contributed by atoms with Crippen molar-refractivity contribution in [3.63, 3.8) is 0 Å². The summed E-state index contributed by atoms with van der Waals surface area (Å²) in [7, 11) is 0. The van der Waals surface area contributed by atoms with Crippen LogP contribution in [0.5, 0.6) is 0 Å². The molecule has 0 N–H and O–H groups in total. The minimum absolute atomic E-state index is 0.0211. The zero-order valence-corrected chi connectivity index (χ0v) is 30.5. The van der Waals surface area contributed by atoms with Gasteiger partial charge in [-0.05, 0) is 98.4 Å². The van der Waals surface area contributed by atoms with Crippen LogP contribution >= 0.6 is 0 Å². The van der Waals surface area contributed by atoms with E-state index in [0.717, 1.165) is 65.9 Å². The predicted octanol–water partition coefficient (Wildman–Crippen LogP) is 12.9. The van der Waals surface area contributed by atoms with Gasteiger partial charge in [-0.3, -0.25) is 9.20 Å². The normalized spacial score (nSPS) is 13.5. The van der Waals surface area contributed by atoms with Gasteiger partial charge in [0.2, 0.25) is 0 Å². The first kappa shape index (κ1) is 30.5. The number of hydrogen-bond acceptors (Lipinski definition) is 1. The van der Waals surface area contributed by atoms with Crippen LogP contribution in [0.3, 0.4) is 0 Å². The highest BCUT2D eigenvalue weighted by atomic mass is 16.1. The van der Waals surface area contributed by atoms with Crippen molar-refractivity contribution in [1.29, 1.82) is 0 Å². The molecule has 0 unspecified atom stereocenters. The molecule has 3 nitrogen and oxygen atoms in total. The molecule has 0 fully saturated rings. The van der Waals surface area contributed by atoms with E-state index in [4.69, 9.17) is 0 Å². The molecule has 0 saturated heterocycles. The Morgan fingerprint density at radius 1 is 0.436 bits per heavy atom. The number of fused-ring (bicyclic) bond motifs is 12. The third kappa shape index (κ3) is 4.02. The Morgan fingerprint density at radius 3 is 1.95 bits per heavy atom. The van der Waals surface area contributed by atoms with Crippen LogP contribution in [0.25, 0.3) is 98.8 Å². The molecular weight excluding hydrogens is 669 g/mol. The molecule has 0 amide bonds. The fourth-order valence-corrected chi connectivity index (χ4v) is 9.94. The highest BCUT2D eigenvalue weighted by molar-refractivity contribution is 6.21. The Kier molecular flexibility index (Phi) is 5.99. The van der Waals surface area contributed by atoms with Gasteiger partial charge in [-0.25, -0.2) is 0 Å². The number of benzene rings is 8. The smallest absolute Gasteiger partial charge is 0.263 e. The zero-order valence-electron chi connectivity index (χ0n) is 30.5. The summed E-state index contributed by atoms with van der Waals surface area (Å²) in [5.74, 6) is 0. The van der Waals surface area contributed by atoms with Crippen LogP contribution in [0.4, 0.5) is 0 Å². The zero-order chi connectivity index (χ0) is 36.6. The lowest BCUT2D eigenvalue weighted by Crippen LogP contribution is -2.14. The first-order valence-electron chi connectivity index (χ1n) is 19.1. The van der Waals surface area contributed by atoms with Gasteiger partial charge in [0.25, 0.3) is 5.56 Å². The lowest BCUT2D eigenvalue weighted by Gasteiger charge is -2.21. The Balaban J connectivity index is 1.15. The van der Waals surface area contributed by atoms with Crippen molar-refractivity contribution in [2.75, 3.05) is 0 Å². The highest BCUT2D eigenvalue weighted by Gasteiger charge is 2.37. The van der Waals surface area contributed by atoms with Crippen molar-refractivity contribution in [1.82, 2.24) is 8.97 Å². The molecule has 258 valence electrons. The summed E-state index contributed by atoms with van der Waals surface area (Å²) in [4.78, 5) is 14.3. The molecule has 3 aromatic heterocycles. The number of rotatable bonds is 3. The van der Waals surface area contributed by atoms with Gasteiger partial charge in [0.05, 0.1) is 22.1 Å². The summed E-state index contributed by atoms with van der Waals surface area (Å²) < 4.78 is 4.37. The summed E-state index contributed by atoms with van der Waals surface area (Å²) in [6.45, 7) is 4.70. The Bertz CT molecular complexity index is 3470. The number of aromatic nitrogens is 2. The summed E-state index contributed by atoms with van der Waals surface area (Å²) in [5, 5.41) is 7.55. The van der Waals surface area contributed by atoms with E-state index in [0.29, 0.717) is 0 Å². The van der Waals surface area contributed by atoms with E-state index in [9.17, 15) is 4.79 Å². The Labute approximate surface area is 317 Å². The molecule has 1 aliphatic rings. The average molecular weight is 703 g/mol. The molecule has 8 aromatic carbocycles. The summed E-state index contributed by atoms with van der Waals surface area (Å²) in [5.41, 5.74) is 15.2. The van der Waals surface area contributed by atoms with Crippen LogP contribution in [0.2, 0.25) is 0 Å². The molecule has 0 aliphatic heterocycles. The van der Waals surface area contributed by atoms with Gasteiger partial charge in [0.1, 0.15) is 0 Å². The van der Waals surface area contributed by atoms with Crippen molar-refractivity contribution >= 4 is 59.8 Å².